The minimum atomic E-state index is -0.521. The average molecular weight is 316 g/mol. The van der Waals surface area contributed by atoms with Gasteiger partial charge in [-0.05, 0) is 18.2 Å². The monoisotopic (exact) mass is 316 g/mol. The summed E-state index contributed by atoms with van der Waals surface area (Å²) < 4.78 is 4.81. The normalized spacial score (nSPS) is 10.3. The zero-order chi connectivity index (χ0) is 16.8. The van der Waals surface area contributed by atoms with Gasteiger partial charge in [-0.15, -0.1) is 0 Å². The van der Waals surface area contributed by atoms with Crippen molar-refractivity contribution < 1.29 is 19.6 Å². The molecule has 0 radical (unpaired) electrons. The number of rotatable bonds is 7. The topological polar surface area (TPSA) is 102 Å². The number of nitrogens with zero attached hydrogens (tertiary/aromatic N) is 1. The highest BCUT2D eigenvalue weighted by Crippen LogP contribution is 2.24. The maximum Gasteiger partial charge on any atom is 0.270 e. The second-order valence-corrected chi connectivity index (χ2v) is 4.86. The fourth-order valence-corrected chi connectivity index (χ4v) is 2.04. The van der Waals surface area contributed by atoms with Crippen molar-refractivity contribution in [1.82, 2.24) is 0 Å². The molecule has 7 heteroatoms. The number of aromatic hydroxyl groups is 1. The third-order valence-corrected chi connectivity index (χ3v) is 3.22. The molecule has 2 rings (SSSR count). The van der Waals surface area contributed by atoms with Crippen LogP contribution in [-0.4, -0.2) is 29.5 Å². The number of phenolic OH excluding ortho intramolecular Hbond substituents is 1. The van der Waals surface area contributed by atoms with Crippen molar-refractivity contribution in [1.29, 1.82) is 0 Å². The van der Waals surface area contributed by atoms with Gasteiger partial charge in [0, 0.05) is 42.6 Å². The second-order valence-electron chi connectivity index (χ2n) is 4.86. The number of hydrogen-bond donors (Lipinski definition) is 2. The number of nitrogens with one attached hydrogen (secondary N) is 1. The van der Waals surface area contributed by atoms with Crippen molar-refractivity contribution in [3.8, 4) is 5.75 Å². The number of nitro groups is 1. The van der Waals surface area contributed by atoms with Crippen LogP contribution in [0, 0.1) is 10.1 Å². The van der Waals surface area contributed by atoms with Crippen LogP contribution < -0.4 is 5.32 Å². The molecule has 0 heterocycles. The molecule has 0 aromatic heterocycles. The SMILES string of the molecule is COCC(=O)c1cccc(NCc2cc([N+](=O)[O-])ccc2O)c1. The summed E-state index contributed by atoms with van der Waals surface area (Å²) in [6, 6.07) is 10.7. The summed E-state index contributed by atoms with van der Waals surface area (Å²) in [6.07, 6.45) is 0. The number of nitro benzene ring substituents is 1. The van der Waals surface area contributed by atoms with E-state index in [1.165, 1.54) is 25.3 Å². The lowest BCUT2D eigenvalue weighted by molar-refractivity contribution is -0.384. The number of Topliss-reactive ketones (excluding diaryl/α,β-unsaturated/α-hetero) is 1. The average Bonchev–Trinajstić information content (AvgIpc) is 2.54. The van der Waals surface area contributed by atoms with Crippen LogP contribution in [0.2, 0.25) is 0 Å². The van der Waals surface area contributed by atoms with Crippen LogP contribution in [0.25, 0.3) is 0 Å². The Hall–Kier alpha value is -2.93. The third-order valence-electron chi connectivity index (χ3n) is 3.22. The highest BCUT2D eigenvalue weighted by molar-refractivity contribution is 5.97. The van der Waals surface area contributed by atoms with E-state index in [4.69, 9.17) is 4.74 Å². The molecule has 2 aromatic carbocycles. The lowest BCUT2D eigenvalue weighted by atomic mass is 10.1. The number of carbonyl (C=O) groups excluding carboxylic acids is 1. The smallest absolute Gasteiger partial charge is 0.270 e. The zero-order valence-electron chi connectivity index (χ0n) is 12.5. The molecule has 23 heavy (non-hydrogen) atoms. The molecule has 2 N–H and O–H groups in total. The molecule has 7 nitrogen and oxygen atoms in total. The van der Waals surface area contributed by atoms with Crippen molar-refractivity contribution in [3.63, 3.8) is 0 Å². The molecule has 0 aliphatic heterocycles. The van der Waals surface area contributed by atoms with Crippen LogP contribution >= 0.6 is 0 Å². The molecule has 0 spiro atoms. The van der Waals surface area contributed by atoms with Gasteiger partial charge < -0.3 is 15.2 Å². The van der Waals surface area contributed by atoms with Gasteiger partial charge >= 0.3 is 0 Å². The van der Waals surface area contributed by atoms with Crippen LogP contribution in [0.1, 0.15) is 15.9 Å². The quantitative estimate of drug-likeness (QED) is 0.462. The standard InChI is InChI=1S/C16H16N2O5/c1-23-10-16(20)11-3-2-4-13(7-11)17-9-12-8-14(18(21)22)5-6-15(12)19/h2-8,17,19H,9-10H2,1H3. The Balaban J connectivity index is 2.12. The van der Waals surface area contributed by atoms with Crippen LogP contribution in [0.5, 0.6) is 5.75 Å². The Labute approximate surface area is 132 Å². The van der Waals surface area contributed by atoms with Gasteiger partial charge in [0.15, 0.2) is 5.78 Å². The minimum Gasteiger partial charge on any atom is -0.508 e. The molecular weight excluding hydrogens is 300 g/mol. The predicted molar refractivity (Wildman–Crippen MR) is 84.7 cm³/mol. The Morgan fingerprint density at radius 2 is 2.09 bits per heavy atom. The highest BCUT2D eigenvalue weighted by Gasteiger charge is 2.11. The minimum absolute atomic E-state index is 0.00484. The molecule has 0 unspecified atom stereocenters. The van der Waals surface area contributed by atoms with Gasteiger partial charge in [-0.25, -0.2) is 0 Å². The molecule has 0 saturated heterocycles. The molecule has 0 aliphatic carbocycles. The van der Waals surface area contributed by atoms with E-state index < -0.39 is 4.92 Å². The second kappa shape index (κ2) is 7.37. The summed E-state index contributed by atoms with van der Waals surface area (Å²) in [5.74, 6) is -0.177. The van der Waals surface area contributed by atoms with E-state index >= 15 is 0 Å². The van der Waals surface area contributed by atoms with Crippen molar-refractivity contribution in [2.75, 3.05) is 19.0 Å². The van der Waals surface area contributed by atoms with Crippen LogP contribution in [0.4, 0.5) is 11.4 Å². The molecule has 0 amide bonds. The van der Waals surface area contributed by atoms with Crippen molar-refractivity contribution in [2.24, 2.45) is 0 Å². The lowest BCUT2D eigenvalue weighted by Crippen LogP contribution is -2.08. The van der Waals surface area contributed by atoms with Crippen LogP contribution in [-0.2, 0) is 11.3 Å². The summed E-state index contributed by atoms with van der Waals surface area (Å²) >= 11 is 0. The molecule has 0 aliphatic rings. The fraction of sp³-hybridized carbons (Fsp3) is 0.188. The first kappa shape index (κ1) is 16.4. The summed E-state index contributed by atoms with van der Waals surface area (Å²) in [6.45, 7) is 0.185. The molecule has 120 valence electrons. The number of carbonyl (C=O) groups is 1. The van der Waals surface area contributed by atoms with Gasteiger partial charge in [0.05, 0.1) is 4.92 Å². The van der Waals surface area contributed by atoms with E-state index in [9.17, 15) is 20.0 Å². The molecule has 0 saturated carbocycles. The van der Waals surface area contributed by atoms with Crippen LogP contribution in [0.15, 0.2) is 42.5 Å². The van der Waals surface area contributed by atoms with Crippen LogP contribution in [0.3, 0.4) is 0 Å². The number of anilines is 1. The van der Waals surface area contributed by atoms with Crippen molar-refractivity contribution in [3.05, 3.63) is 63.7 Å². The largest absolute Gasteiger partial charge is 0.508 e. The third kappa shape index (κ3) is 4.27. The van der Waals surface area contributed by atoms with E-state index in [1.54, 1.807) is 24.3 Å². The van der Waals surface area contributed by atoms with E-state index in [0.717, 1.165) is 0 Å². The fourth-order valence-electron chi connectivity index (χ4n) is 2.04. The number of non-ortho nitro benzene ring substituents is 1. The van der Waals surface area contributed by atoms with Crippen molar-refractivity contribution in [2.45, 2.75) is 6.54 Å². The van der Waals surface area contributed by atoms with E-state index in [1.807, 2.05) is 0 Å². The van der Waals surface area contributed by atoms with Gasteiger partial charge in [-0.1, -0.05) is 12.1 Å². The molecular formula is C16H16N2O5. The number of benzene rings is 2. The molecule has 0 atom stereocenters. The summed E-state index contributed by atoms with van der Waals surface area (Å²) in [5, 5.41) is 23.6. The molecule has 0 fully saturated rings. The Morgan fingerprint density at radius 3 is 2.78 bits per heavy atom. The van der Waals surface area contributed by atoms with E-state index in [2.05, 4.69) is 5.32 Å². The molecule has 0 bridgehead atoms. The maximum atomic E-state index is 11.8. The van der Waals surface area contributed by atoms with E-state index in [-0.39, 0.29) is 30.4 Å². The van der Waals surface area contributed by atoms with Crippen molar-refractivity contribution >= 4 is 17.2 Å². The number of ether oxygens (including phenoxy) is 1. The number of hydrogen-bond acceptors (Lipinski definition) is 6. The number of methoxy groups -OCH3 is 1. The number of ketones is 1. The summed E-state index contributed by atoms with van der Waals surface area (Å²) in [4.78, 5) is 22.0. The van der Waals surface area contributed by atoms with Gasteiger partial charge in [0.1, 0.15) is 12.4 Å². The van der Waals surface area contributed by atoms with Gasteiger partial charge in [-0.2, -0.15) is 0 Å². The Kier molecular flexibility index (Phi) is 5.27. The predicted octanol–water partition coefficient (Wildman–Crippen LogP) is 2.74. The molecule has 2 aromatic rings. The highest BCUT2D eigenvalue weighted by atomic mass is 16.6. The maximum absolute atomic E-state index is 11.8. The van der Waals surface area contributed by atoms with Gasteiger partial charge in [-0.3, -0.25) is 14.9 Å². The lowest BCUT2D eigenvalue weighted by Gasteiger charge is -2.09. The first-order valence-electron chi connectivity index (χ1n) is 6.83. The first-order valence-corrected chi connectivity index (χ1v) is 6.83. The Morgan fingerprint density at radius 1 is 1.30 bits per heavy atom. The summed E-state index contributed by atoms with van der Waals surface area (Å²) in [7, 11) is 1.45. The van der Waals surface area contributed by atoms with E-state index in [0.29, 0.717) is 16.8 Å². The number of phenols is 1. The van der Waals surface area contributed by atoms with Gasteiger partial charge in [0.25, 0.3) is 5.69 Å². The van der Waals surface area contributed by atoms with Gasteiger partial charge in [0.2, 0.25) is 0 Å². The zero-order valence-corrected chi connectivity index (χ0v) is 12.5. The first-order chi connectivity index (χ1) is 11.0. The Bertz CT molecular complexity index is 730. The summed E-state index contributed by atoms with van der Waals surface area (Å²) in [5.41, 5.74) is 1.47.